The number of hydrogen-bond acceptors (Lipinski definition) is 4. The summed E-state index contributed by atoms with van der Waals surface area (Å²) in [4.78, 5) is 27.8. The first-order chi connectivity index (χ1) is 11.6. The second-order valence-corrected chi connectivity index (χ2v) is 8.06. The van der Waals surface area contributed by atoms with Crippen molar-refractivity contribution in [3.63, 3.8) is 0 Å². The molecule has 2 heterocycles. The summed E-state index contributed by atoms with van der Waals surface area (Å²) in [6, 6.07) is 1.78. The van der Waals surface area contributed by atoms with Crippen LogP contribution in [0.25, 0.3) is 0 Å². The van der Waals surface area contributed by atoms with Crippen LogP contribution < -0.4 is 0 Å². The number of nitrogens with zero attached hydrogens (tertiary/aromatic N) is 4. The number of carbonyl (C=O) groups excluding carboxylic acids is 2. The first-order valence-electron chi connectivity index (χ1n) is 8.80. The van der Waals surface area contributed by atoms with Crippen LogP contribution in [0.3, 0.4) is 0 Å². The molecule has 0 bridgehead atoms. The van der Waals surface area contributed by atoms with Crippen molar-refractivity contribution in [2.24, 2.45) is 5.92 Å². The third-order valence-electron chi connectivity index (χ3n) is 4.24. The molecule has 0 radical (unpaired) electrons. The standard InChI is InChI=1S/C18H30N4O3/c1-13-7-8-15(22(11-13)17(24)25-18(2,3)4)14-9-10-21(19-14)12-16(23)20(5)6/h9-10,13,15H,7-8,11-12H2,1-6H3/t13-,15+/m1/s1. The Morgan fingerprint density at radius 3 is 2.60 bits per heavy atom. The molecule has 0 N–H and O–H groups in total. The van der Waals surface area contributed by atoms with Crippen LogP contribution in [0.2, 0.25) is 0 Å². The van der Waals surface area contributed by atoms with Crippen molar-refractivity contribution in [2.45, 2.75) is 58.7 Å². The largest absolute Gasteiger partial charge is 0.444 e. The van der Waals surface area contributed by atoms with Crippen molar-refractivity contribution in [3.8, 4) is 0 Å². The molecule has 1 aliphatic heterocycles. The molecule has 1 aliphatic rings. The van der Waals surface area contributed by atoms with Crippen LogP contribution in [-0.4, -0.2) is 57.8 Å². The van der Waals surface area contributed by atoms with Gasteiger partial charge in [-0.3, -0.25) is 14.4 Å². The summed E-state index contributed by atoms with van der Waals surface area (Å²) in [5.74, 6) is 0.414. The van der Waals surface area contributed by atoms with Gasteiger partial charge in [-0.1, -0.05) is 6.92 Å². The predicted molar refractivity (Wildman–Crippen MR) is 95.0 cm³/mol. The molecule has 1 aromatic rings. The van der Waals surface area contributed by atoms with E-state index < -0.39 is 5.60 Å². The minimum absolute atomic E-state index is 0.0177. The highest BCUT2D eigenvalue weighted by atomic mass is 16.6. The van der Waals surface area contributed by atoms with E-state index in [0.717, 1.165) is 18.5 Å². The average molecular weight is 350 g/mol. The Kier molecular flexibility index (Phi) is 5.75. The van der Waals surface area contributed by atoms with Crippen LogP contribution in [0.15, 0.2) is 12.3 Å². The molecular formula is C18H30N4O3. The summed E-state index contributed by atoms with van der Waals surface area (Å²) >= 11 is 0. The Morgan fingerprint density at radius 2 is 2.00 bits per heavy atom. The second-order valence-electron chi connectivity index (χ2n) is 8.06. The molecule has 25 heavy (non-hydrogen) atoms. The lowest BCUT2D eigenvalue weighted by atomic mass is 9.93. The minimum atomic E-state index is -0.528. The van der Waals surface area contributed by atoms with Gasteiger partial charge in [-0.2, -0.15) is 5.10 Å². The number of carbonyl (C=O) groups is 2. The van der Waals surface area contributed by atoms with E-state index in [2.05, 4.69) is 12.0 Å². The summed E-state index contributed by atoms with van der Waals surface area (Å²) < 4.78 is 7.20. The van der Waals surface area contributed by atoms with Gasteiger partial charge in [0.15, 0.2) is 0 Å². The van der Waals surface area contributed by atoms with Crippen LogP contribution in [-0.2, 0) is 16.1 Å². The lowest BCUT2D eigenvalue weighted by Crippen LogP contribution is -2.44. The predicted octanol–water partition coefficient (Wildman–Crippen LogP) is 2.68. The van der Waals surface area contributed by atoms with Gasteiger partial charge in [-0.05, 0) is 45.6 Å². The summed E-state index contributed by atoms with van der Waals surface area (Å²) in [5.41, 5.74) is 0.282. The third-order valence-corrected chi connectivity index (χ3v) is 4.24. The molecule has 2 atom stereocenters. The molecule has 2 amide bonds. The number of likely N-dealkylation sites (N-methyl/N-ethyl adjacent to an activating group) is 1. The smallest absolute Gasteiger partial charge is 0.410 e. The molecule has 0 aromatic carbocycles. The third kappa shape index (κ3) is 5.21. The molecule has 0 unspecified atom stereocenters. The van der Waals surface area contributed by atoms with E-state index in [4.69, 9.17) is 4.74 Å². The molecule has 0 spiro atoms. The van der Waals surface area contributed by atoms with E-state index in [1.54, 1.807) is 29.9 Å². The molecule has 7 heteroatoms. The van der Waals surface area contributed by atoms with Gasteiger partial charge >= 0.3 is 6.09 Å². The van der Waals surface area contributed by atoms with Crippen molar-refractivity contribution in [3.05, 3.63) is 18.0 Å². The molecule has 0 saturated carbocycles. The maximum absolute atomic E-state index is 12.6. The van der Waals surface area contributed by atoms with E-state index in [0.29, 0.717) is 12.5 Å². The van der Waals surface area contributed by atoms with Crippen LogP contribution in [0.5, 0.6) is 0 Å². The number of ether oxygens (including phenoxy) is 1. The fourth-order valence-electron chi connectivity index (χ4n) is 2.91. The Balaban J connectivity index is 2.16. The van der Waals surface area contributed by atoms with Gasteiger partial charge in [0, 0.05) is 26.8 Å². The maximum Gasteiger partial charge on any atom is 0.410 e. The molecular weight excluding hydrogens is 320 g/mol. The summed E-state index contributed by atoms with van der Waals surface area (Å²) in [7, 11) is 3.44. The zero-order valence-corrected chi connectivity index (χ0v) is 16.2. The average Bonchev–Trinajstić information content (AvgIpc) is 2.93. The van der Waals surface area contributed by atoms with Gasteiger partial charge in [0.25, 0.3) is 0 Å². The summed E-state index contributed by atoms with van der Waals surface area (Å²) in [6.45, 7) is 8.60. The summed E-state index contributed by atoms with van der Waals surface area (Å²) in [5, 5.41) is 4.53. The van der Waals surface area contributed by atoms with Gasteiger partial charge in [-0.15, -0.1) is 0 Å². The molecule has 1 aromatic heterocycles. The van der Waals surface area contributed by atoms with E-state index >= 15 is 0 Å². The van der Waals surface area contributed by atoms with E-state index in [1.807, 2.05) is 26.8 Å². The van der Waals surface area contributed by atoms with Crippen molar-refractivity contribution in [1.82, 2.24) is 19.6 Å². The van der Waals surface area contributed by atoms with Crippen LogP contribution in [0.4, 0.5) is 4.79 Å². The van der Waals surface area contributed by atoms with Crippen LogP contribution in [0, 0.1) is 5.92 Å². The zero-order valence-electron chi connectivity index (χ0n) is 16.2. The SMILES string of the molecule is C[C@@H]1CC[C@@H](c2ccn(CC(=O)N(C)C)n2)N(C(=O)OC(C)(C)C)C1. The second kappa shape index (κ2) is 7.45. The molecule has 0 aliphatic carbocycles. The normalized spacial score (nSPS) is 21.1. The molecule has 1 fully saturated rings. The number of amides is 2. The van der Waals surface area contributed by atoms with Crippen LogP contribution >= 0.6 is 0 Å². The van der Waals surface area contributed by atoms with Crippen molar-refractivity contribution in [1.29, 1.82) is 0 Å². The van der Waals surface area contributed by atoms with Gasteiger partial charge in [0.2, 0.25) is 5.91 Å². The Hall–Kier alpha value is -2.05. The number of hydrogen-bond donors (Lipinski definition) is 0. The molecule has 2 rings (SSSR count). The van der Waals surface area contributed by atoms with Gasteiger partial charge in [0.1, 0.15) is 12.1 Å². The van der Waals surface area contributed by atoms with Crippen LogP contribution in [0.1, 0.15) is 52.3 Å². The monoisotopic (exact) mass is 350 g/mol. The summed E-state index contributed by atoms with van der Waals surface area (Å²) in [6.07, 6.45) is 3.37. The number of rotatable bonds is 3. The fraction of sp³-hybridized carbons (Fsp3) is 0.722. The Morgan fingerprint density at radius 1 is 1.32 bits per heavy atom. The van der Waals surface area contributed by atoms with Gasteiger partial charge in [0.05, 0.1) is 11.7 Å². The lowest BCUT2D eigenvalue weighted by Gasteiger charge is -2.38. The fourth-order valence-corrected chi connectivity index (χ4v) is 2.91. The highest BCUT2D eigenvalue weighted by Crippen LogP contribution is 2.33. The maximum atomic E-state index is 12.6. The van der Waals surface area contributed by atoms with Crippen molar-refractivity contribution < 1.29 is 14.3 Å². The topological polar surface area (TPSA) is 67.7 Å². The van der Waals surface area contributed by atoms with Crippen molar-refractivity contribution >= 4 is 12.0 Å². The molecule has 7 nitrogen and oxygen atoms in total. The van der Waals surface area contributed by atoms with Gasteiger partial charge in [-0.25, -0.2) is 4.79 Å². The first-order valence-corrected chi connectivity index (χ1v) is 8.80. The lowest BCUT2D eigenvalue weighted by molar-refractivity contribution is -0.129. The van der Waals surface area contributed by atoms with Gasteiger partial charge < -0.3 is 9.64 Å². The van der Waals surface area contributed by atoms with Crippen molar-refractivity contribution in [2.75, 3.05) is 20.6 Å². The highest BCUT2D eigenvalue weighted by molar-refractivity contribution is 5.75. The van der Waals surface area contributed by atoms with E-state index in [-0.39, 0.29) is 24.6 Å². The number of likely N-dealkylation sites (tertiary alicyclic amines) is 1. The molecule has 1 saturated heterocycles. The Bertz CT molecular complexity index is 618. The number of piperidine rings is 1. The van der Waals surface area contributed by atoms with E-state index in [1.165, 1.54) is 4.90 Å². The molecule has 140 valence electrons. The van der Waals surface area contributed by atoms with E-state index in [9.17, 15) is 9.59 Å². The zero-order chi connectivity index (χ0) is 18.8. The minimum Gasteiger partial charge on any atom is -0.444 e. The Labute approximate surface area is 149 Å². The highest BCUT2D eigenvalue weighted by Gasteiger charge is 2.35. The quantitative estimate of drug-likeness (QED) is 0.840. The first kappa shape index (κ1) is 19.3. The number of aromatic nitrogens is 2.